The minimum atomic E-state index is 0.0797. The van der Waals surface area contributed by atoms with Crippen LogP contribution in [0.4, 0.5) is 0 Å². The Bertz CT molecular complexity index is 298. The molecule has 0 aromatic heterocycles. The van der Waals surface area contributed by atoms with Crippen LogP contribution in [0, 0.1) is 5.41 Å². The molecule has 0 atom stereocenters. The van der Waals surface area contributed by atoms with E-state index in [1.807, 2.05) is 0 Å². The van der Waals surface area contributed by atoms with Gasteiger partial charge in [-0.15, -0.1) is 0 Å². The molecule has 98 valence electrons. The van der Waals surface area contributed by atoms with Crippen molar-refractivity contribution in [1.82, 2.24) is 10.2 Å². The van der Waals surface area contributed by atoms with Gasteiger partial charge in [0.05, 0.1) is 6.54 Å². The van der Waals surface area contributed by atoms with Crippen LogP contribution in [0.3, 0.4) is 0 Å². The average Bonchev–Trinajstić information content (AvgIpc) is 2.36. The van der Waals surface area contributed by atoms with E-state index in [0.29, 0.717) is 12.0 Å². The van der Waals surface area contributed by atoms with Gasteiger partial charge in [-0.2, -0.15) is 0 Å². The predicted molar refractivity (Wildman–Crippen MR) is 74.5 cm³/mol. The summed E-state index contributed by atoms with van der Waals surface area (Å²) in [7, 11) is 3.53. The molecule has 5 heteroatoms. The molecule has 0 aromatic rings. The zero-order valence-corrected chi connectivity index (χ0v) is 12.1. The van der Waals surface area contributed by atoms with Crippen molar-refractivity contribution in [3.63, 3.8) is 0 Å². The molecule has 0 saturated heterocycles. The van der Waals surface area contributed by atoms with E-state index in [1.54, 1.807) is 30.8 Å². The Labute approximate surface area is 108 Å². The van der Waals surface area contributed by atoms with E-state index in [-0.39, 0.29) is 5.91 Å². The number of likely N-dealkylation sites (N-methyl/N-ethyl adjacent to an activating group) is 1. The maximum Gasteiger partial charge on any atom is 0.241 e. The summed E-state index contributed by atoms with van der Waals surface area (Å²) >= 11 is 1.74. The molecule has 0 spiro atoms. The van der Waals surface area contributed by atoms with Crippen LogP contribution in [-0.4, -0.2) is 48.9 Å². The molecule has 4 nitrogen and oxygen atoms in total. The van der Waals surface area contributed by atoms with Gasteiger partial charge >= 0.3 is 0 Å². The number of aliphatic imine (C=N–C) groups is 1. The maximum atomic E-state index is 11.4. The summed E-state index contributed by atoms with van der Waals surface area (Å²) in [6.07, 6.45) is 2.34. The second kappa shape index (κ2) is 6.28. The third-order valence-corrected chi connectivity index (χ3v) is 4.77. The number of hydrogen-bond acceptors (Lipinski definition) is 4. The Kier molecular flexibility index (Phi) is 5.31. The number of amides is 1. The van der Waals surface area contributed by atoms with Crippen molar-refractivity contribution in [2.75, 3.05) is 32.9 Å². The van der Waals surface area contributed by atoms with E-state index in [4.69, 9.17) is 0 Å². The van der Waals surface area contributed by atoms with Gasteiger partial charge in [-0.3, -0.25) is 9.79 Å². The summed E-state index contributed by atoms with van der Waals surface area (Å²) in [5.74, 6) is 1.18. The zero-order valence-electron chi connectivity index (χ0n) is 11.2. The van der Waals surface area contributed by atoms with E-state index in [9.17, 15) is 4.79 Å². The molecule has 1 aliphatic heterocycles. The Balaban J connectivity index is 2.44. The van der Waals surface area contributed by atoms with Gasteiger partial charge in [-0.05, 0) is 18.3 Å². The standard InChI is InChI=1S/C12H23N3OS/c1-5-12(6-2)8-14-11(17-9-12)13-7-10(16)15(3)4/h5-9H2,1-4H3,(H,13,14). The normalized spacial score (nSPS) is 18.5. The fourth-order valence-electron chi connectivity index (χ4n) is 1.65. The molecule has 0 saturated carbocycles. The lowest BCUT2D eigenvalue weighted by atomic mass is 9.84. The number of hydrogen-bond donors (Lipinski definition) is 1. The van der Waals surface area contributed by atoms with Crippen molar-refractivity contribution >= 4 is 22.8 Å². The Morgan fingerprint density at radius 1 is 1.47 bits per heavy atom. The van der Waals surface area contributed by atoms with Gasteiger partial charge in [0.15, 0.2) is 5.17 Å². The summed E-state index contributed by atoms with van der Waals surface area (Å²) in [6.45, 7) is 5.68. The second-order valence-corrected chi connectivity index (χ2v) is 5.72. The van der Waals surface area contributed by atoms with Crippen molar-refractivity contribution in [3.05, 3.63) is 0 Å². The highest BCUT2D eigenvalue weighted by atomic mass is 32.2. The first-order chi connectivity index (χ1) is 8.03. The van der Waals surface area contributed by atoms with E-state index >= 15 is 0 Å². The van der Waals surface area contributed by atoms with Gasteiger partial charge in [-0.25, -0.2) is 0 Å². The lowest BCUT2D eigenvalue weighted by molar-refractivity contribution is -0.127. The highest BCUT2D eigenvalue weighted by molar-refractivity contribution is 8.13. The van der Waals surface area contributed by atoms with E-state index in [1.165, 1.54) is 12.8 Å². The third kappa shape index (κ3) is 3.91. The lowest BCUT2D eigenvalue weighted by Gasteiger charge is -2.33. The largest absolute Gasteiger partial charge is 0.356 e. The van der Waals surface area contributed by atoms with E-state index < -0.39 is 0 Å². The van der Waals surface area contributed by atoms with Crippen molar-refractivity contribution < 1.29 is 4.79 Å². The van der Waals surface area contributed by atoms with Gasteiger partial charge in [0.1, 0.15) is 0 Å². The Morgan fingerprint density at radius 2 is 2.12 bits per heavy atom. The molecular formula is C12H23N3OS. The smallest absolute Gasteiger partial charge is 0.241 e. The molecular weight excluding hydrogens is 234 g/mol. The van der Waals surface area contributed by atoms with Gasteiger partial charge < -0.3 is 10.2 Å². The highest BCUT2D eigenvalue weighted by Gasteiger charge is 2.30. The van der Waals surface area contributed by atoms with Crippen LogP contribution in [0.15, 0.2) is 4.99 Å². The lowest BCUT2D eigenvalue weighted by Crippen LogP contribution is -2.39. The molecule has 0 aliphatic carbocycles. The molecule has 0 radical (unpaired) electrons. The summed E-state index contributed by atoms with van der Waals surface area (Å²) < 4.78 is 0. The van der Waals surface area contributed by atoms with Crippen LogP contribution in [0.1, 0.15) is 26.7 Å². The first kappa shape index (κ1) is 14.4. The monoisotopic (exact) mass is 257 g/mol. The van der Waals surface area contributed by atoms with E-state index in [2.05, 4.69) is 24.2 Å². The molecule has 1 amide bonds. The Hall–Kier alpha value is -0.710. The molecule has 1 heterocycles. The van der Waals surface area contributed by atoms with Crippen molar-refractivity contribution in [1.29, 1.82) is 0 Å². The average molecular weight is 257 g/mol. The van der Waals surface area contributed by atoms with Crippen LogP contribution in [0.25, 0.3) is 0 Å². The summed E-state index contributed by atoms with van der Waals surface area (Å²) in [4.78, 5) is 17.6. The minimum absolute atomic E-state index is 0.0797. The molecule has 1 N–H and O–H groups in total. The first-order valence-electron chi connectivity index (χ1n) is 6.14. The number of carbonyl (C=O) groups is 1. The fourth-order valence-corrected chi connectivity index (χ4v) is 2.92. The van der Waals surface area contributed by atoms with Crippen LogP contribution in [0.2, 0.25) is 0 Å². The SMILES string of the molecule is CCC1(CC)CN=C(NCC(=O)N(C)C)SC1. The summed E-state index contributed by atoms with van der Waals surface area (Å²) in [5.41, 5.74) is 0.363. The number of rotatable bonds is 4. The van der Waals surface area contributed by atoms with E-state index in [0.717, 1.165) is 17.5 Å². The number of amidine groups is 1. The molecule has 0 unspecified atom stereocenters. The first-order valence-corrected chi connectivity index (χ1v) is 7.13. The molecule has 0 fully saturated rings. The van der Waals surface area contributed by atoms with Gasteiger partial charge in [0.25, 0.3) is 0 Å². The Morgan fingerprint density at radius 3 is 2.53 bits per heavy atom. The minimum Gasteiger partial charge on any atom is -0.356 e. The summed E-state index contributed by atoms with van der Waals surface area (Å²) in [5, 5.41) is 4.02. The quantitative estimate of drug-likeness (QED) is 0.831. The molecule has 0 bridgehead atoms. The van der Waals surface area contributed by atoms with Crippen LogP contribution >= 0.6 is 11.8 Å². The third-order valence-electron chi connectivity index (χ3n) is 3.46. The van der Waals surface area contributed by atoms with Gasteiger partial charge in [0, 0.05) is 26.4 Å². The van der Waals surface area contributed by atoms with Crippen molar-refractivity contribution in [3.8, 4) is 0 Å². The fraction of sp³-hybridized carbons (Fsp3) is 0.833. The number of thioether (sulfide) groups is 1. The highest BCUT2D eigenvalue weighted by Crippen LogP contribution is 2.34. The number of carbonyl (C=O) groups excluding carboxylic acids is 1. The van der Waals surface area contributed by atoms with Crippen LogP contribution in [-0.2, 0) is 4.79 Å². The second-order valence-electron chi connectivity index (χ2n) is 4.76. The topological polar surface area (TPSA) is 44.7 Å². The molecule has 1 aliphatic rings. The van der Waals surface area contributed by atoms with Gasteiger partial charge in [0.2, 0.25) is 5.91 Å². The predicted octanol–water partition coefficient (Wildman–Crippen LogP) is 1.57. The van der Waals surface area contributed by atoms with Crippen LogP contribution < -0.4 is 5.32 Å². The number of nitrogens with zero attached hydrogens (tertiary/aromatic N) is 2. The van der Waals surface area contributed by atoms with Crippen molar-refractivity contribution in [2.45, 2.75) is 26.7 Å². The van der Waals surface area contributed by atoms with Gasteiger partial charge in [-0.1, -0.05) is 25.6 Å². The molecule has 0 aromatic carbocycles. The summed E-state index contributed by atoms with van der Waals surface area (Å²) in [6, 6.07) is 0. The zero-order chi connectivity index (χ0) is 12.9. The number of nitrogens with one attached hydrogen (secondary N) is 1. The van der Waals surface area contributed by atoms with Crippen molar-refractivity contribution in [2.24, 2.45) is 10.4 Å². The van der Waals surface area contributed by atoms with Crippen LogP contribution in [0.5, 0.6) is 0 Å². The molecule has 1 rings (SSSR count). The molecule has 17 heavy (non-hydrogen) atoms. The maximum absolute atomic E-state index is 11.4.